The fourth-order valence-electron chi connectivity index (χ4n) is 4.72. The predicted molar refractivity (Wildman–Crippen MR) is 125 cm³/mol. The van der Waals surface area contributed by atoms with E-state index in [2.05, 4.69) is 10.1 Å². The molecule has 0 saturated carbocycles. The van der Waals surface area contributed by atoms with E-state index in [1.807, 2.05) is 52.3 Å². The van der Waals surface area contributed by atoms with Crippen molar-refractivity contribution in [3.8, 4) is 22.5 Å². The number of anilines is 1. The van der Waals surface area contributed by atoms with Gasteiger partial charge in [-0.1, -0.05) is 12.1 Å². The van der Waals surface area contributed by atoms with Crippen molar-refractivity contribution in [2.75, 3.05) is 18.8 Å². The average Bonchev–Trinajstić information content (AvgIpc) is 3.58. The molecule has 8 heteroatoms. The van der Waals surface area contributed by atoms with Crippen LogP contribution in [0.1, 0.15) is 25.8 Å². The number of amides is 1. The van der Waals surface area contributed by atoms with E-state index in [4.69, 9.17) is 14.6 Å². The number of hydrogen-bond donors (Lipinski definition) is 1. The van der Waals surface area contributed by atoms with Gasteiger partial charge >= 0.3 is 0 Å². The second-order valence-corrected chi connectivity index (χ2v) is 8.50. The fourth-order valence-corrected chi connectivity index (χ4v) is 4.72. The van der Waals surface area contributed by atoms with Crippen molar-refractivity contribution in [3.05, 3.63) is 55.2 Å². The van der Waals surface area contributed by atoms with Crippen LogP contribution in [0.3, 0.4) is 0 Å². The van der Waals surface area contributed by atoms with Crippen molar-refractivity contribution >= 4 is 33.7 Å². The first-order valence-corrected chi connectivity index (χ1v) is 11.0. The van der Waals surface area contributed by atoms with Gasteiger partial charge in [-0.05, 0) is 31.0 Å². The molecule has 4 aromatic heterocycles. The molecular weight excluding hydrogens is 418 g/mol. The minimum absolute atomic E-state index is 0.131. The number of furan rings is 2. The summed E-state index contributed by atoms with van der Waals surface area (Å²) in [6.45, 7) is 3.13. The Morgan fingerprint density at radius 1 is 1.12 bits per heavy atom. The lowest BCUT2D eigenvalue weighted by atomic mass is 10.0. The number of piperidine rings is 1. The van der Waals surface area contributed by atoms with Gasteiger partial charge in [0.05, 0.1) is 24.1 Å². The number of pyridine rings is 1. The van der Waals surface area contributed by atoms with Crippen molar-refractivity contribution in [1.82, 2.24) is 19.7 Å². The second-order valence-electron chi connectivity index (χ2n) is 8.50. The van der Waals surface area contributed by atoms with Crippen molar-refractivity contribution in [1.29, 1.82) is 0 Å². The normalized spacial score (nSPS) is 15.0. The number of aromatic nitrogens is 3. The molecule has 1 saturated heterocycles. The summed E-state index contributed by atoms with van der Waals surface area (Å²) in [7, 11) is 0. The van der Waals surface area contributed by atoms with Crippen molar-refractivity contribution in [2.45, 2.75) is 25.8 Å². The third-order valence-corrected chi connectivity index (χ3v) is 6.53. The highest BCUT2D eigenvalue weighted by molar-refractivity contribution is 6.02. The van der Waals surface area contributed by atoms with Crippen LogP contribution >= 0.6 is 0 Å². The number of rotatable bonds is 3. The first-order chi connectivity index (χ1) is 16.1. The number of likely N-dealkylation sites (tertiary alicyclic amines) is 1. The topological polar surface area (TPSA) is 103 Å². The molecule has 1 aliphatic heterocycles. The largest absolute Gasteiger partial charge is 0.464 e. The van der Waals surface area contributed by atoms with E-state index in [0.717, 1.165) is 59.0 Å². The summed E-state index contributed by atoms with van der Waals surface area (Å²) in [5.74, 6) is 1.15. The van der Waals surface area contributed by atoms with Crippen LogP contribution in [0.4, 0.5) is 5.82 Å². The molecule has 0 spiro atoms. The maximum Gasteiger partial charge on any atom is 0.219 e. The van der Waals surface area contributed by atoms with Crippen LogP contribution < -0.4 is 5.73 Å². The molecule has 1 amide bonds. The van der Waals surface area contributed by atoms with E-state index in [9.17, 15) is 4.79 Å². The van der Waals surface area contributed by atoms with Gasteiger partial charge in [0.2, 0.25) is 5.91 Å². The molecule has 0 bridgehead atoms. The SMILES string of the molecule is CC(=O)N1CCC(n2cc(-c3cnc(N)c4oc(-c5cccc6ccoc56)cc34)cn2)CC1. The van der Waals surface area contributed by atoms with Gasteiger partial charge in [-0.3, -0.25) is 9.48 Å². The lowest BCUT2D eigenvalue weighted by Crippen LogP contribution is -2.37. The van der Waals surface area contributed by atoms with Crippen molar-refractivity contribution < 1.29 is 13.6 Å². The number of nitrogen functional groups attached to an aromatic ring is 1. The Morgan fingerprint density at radius 2 is 1.97 bits per heavy atom. The highest BCUT2D eigenvalue weighted by Crippen LogP contribution is 2.39. The van der Waals surface area contributed by atoms with Crippen LogP contribution in [-0.2, 0) is 4.79 Å². The summed E-state index contributed by atoms with van der Waals surface area (Å²) < 4.78 is 13.9. The highest BCUT2D eigenvalue weighted by Gasteiger charge is 2.23. The lowest BCUT2D eigenvalue weighted by Gasteiger charge is -2.31. The van der Waals surface area contributed by atoms with Crippen molar-refractivity contribution in [2.24, 2.45) is 0 Å². The maximum atomic E-state index is 11.6. The number of hydrogen-bond acceptors (Lipinski definition) is 6. The maximum absolute atomic E-state index is 11.6. The van der Waals surface area contributed by atoms with Gasteiger partial charge in [0.25, 0.3) is 0 Å². The molecule has 2 N–H and O–H groups in total. The van der Waals surface area contributed by atoms with E-state index >= 15 is 0 Å². The number of nitrogens with zero attached hydrogens (tertiary/aromatic N) is 4. The van der Waals surface area contributed by atoms with Gasteiger partial charge in [-0.2, -0.15) is 5.10 Å². The molecule has 33 heavy (non-hydrogen) atoms. The third kappa shape index (κ3) is 3.26. The summed E-state index contributed by atoms with van der Waals surface area (Å²) in [4.78, 5) is 17.9. The van der Waals surface area contributed by atoms with Crippen LogP contribution in [0.25, 0.3) is 44.4 Å². The molecule has 0 aliphatic carbocycles. The Labute approximate surface area is 189 Å². The van der Waals surface area contributed by atoms with Gasteiger partial charge in [0.1, 0.15) is 11.3 Å². The Hall–Kier alpha value is -4.07. The standard InChI is InChI=1S/C25H23N5O3/c1-15(31)29-8-5-18(6-9-29)30-14-17(12-28-30)21-13-27-25(26)24-20(21)11-22(33-24)19-4-2-3-16-7-10-32-23(16)19/h2-4,7,10-14,18H,5-6,8-9H2,1H3,(H2,26,27). The summed E-state index contributed by atoms with van der Waals surface area (Å²) in [5, 5.41) is 6.51. The molecule has 0 radical (unpaired) electrons. The molecule has 0 unspecified atom stereocenters. The van der Waals surface area contributed by atoms with Gasteiger partial charge in [-0.25, -0.2) is 4.98 Å². The summed E-state index contributed by atoms with van der Waals surface area (Å²) in [6, 6.07) is 10.1. The molecule has 5 aromatic rings. The van der Waals surface area contributed by atoms with Gasteiger partial charge in [-0.15, -0.1) is 0 Å². The van der Waals surface area contributed by atoms with Crippen molar-refractivity contribution in [3.63, 3.8) is 0 Å². The van der Waals surface area contributed by atoms with Crippen LogP contribution in [0.2, 0.25) is 0 Å². The van der Waals surface area contributed by atoms with Gasteiger partial charge in [0, 0.05) is 54.3 Å². The monoisotopic (exact) mass is 441 g/mol. The summed E-state index contributed by atoms with van der Waals surface area (Å²) in [6.07, 6.45) is 9.11. The molecule has 1 aliphatic rings. The molecular formula is C25H23N5O3. The summed E-state index contributed by atoms with van der Waals surface area (Å²) in [5.41, 5.74) is 10.2. The number of para-hydroxylation sites is 1. The number of fused-ring (bicyclic) bond motifs is 2. The minimum atomic E-state index is 0.131. The fraction of sp³-hybridized carbons (Fsp3) is 0.240. The molecule has 8 nitrogen and oxygen atoms in total. The van der Waals surface area contributed by atoms with Crippen LogP contribution in [0.5, 0.6) is 0 Å². The second kappa shape index (κ2) is 7.51. The first kappa shape index (κ1) is 19.6. The van der Waals surface area contributed by atoms with Gasteiger partial charge < -0.3 is 19.5 Å². The van der Waals surface area contributed by atoms with Crippen LogP contribution in [0.15, 0.2) is 64.0 Å². The Balaban J connectivity index is 1.38. The quantitative estimate of drug-likeness (QED) is 0.428. The zero-order valence-corrected chi connectivity index (χ0v) is 18.2. The molecule has 1 aromatic carbocycles. The smallest absolute Gasteiger partial charge is 0.219 e. The van der Waals surface area contributed by atoms with E-state index < -0.39 is 0 Å². The number of nitrogens with two attached hydrogens (primary N) is 1. The zero-order chi connectivity index (χ0) is 22.5. The Morgan fingerprint density at radius 3 is 2.79 bits per heavy atom. The molecule has 0 atom stereocenters. The molecule has 6 rings (SSSR count). The number of carbonyl (C=O) groups excluding carboxylic acids is 1. The summed E-state index contributed by atoms with van der Waals surface area (Å²) >= 11 is 0. The van der Waals surface area contributed by atoms with E-state index in [1.165, 1.54) is 0 Å². The Bertz CT molecular complexity index is 1490. The highest BCUT2D eigenvalue weighted by atomic mass is 16.3. The zero-order valence-electron chi connectivity index (χ0n) is 18.2. The van der Waals surface area contributed by atoms with Crippen LogP contribution in [-0.4, -0.2) is 38.7 Å². The Kier molecular flexibility index (Phi) is 4.46. The first-order valence-electron chi connectivity index (χ1n) is 11.0. The van der Waals surface area contributed by atoms with E-state index in [-0.39, 0.29) is 11.9 Å². The molecule has 166 valence electrons. The molecule has 5 heterocycles. The van der Waals surface area contributed by atoms with Crippen LogP contribution in [0, 0.1) is 0 Å². The molecule has 1 fully saturated rings. The van der Waals surface area contributed by atoms with E-state index in [0.29, 0.717) is 17.2 Å². The van der Waals surface area contributed by atoms with E-state index in [1.54, 1.807) is 19.4 Å². The lowest BCUT2D eigenvalue weighted by molar-refractivity contribution is -0.130. The number of benzene rings is 1. The van der Waals surface area contributed by atoms with Gasteiger partial charge in [0.15, 0.2) is 11.4 Å². The average molecular weight is 441 g/mol. The number of carbonyl (C=O) groups is 1. The minimum Gasteiger partial charge on any atom is -0.464 e. The third-order valence-electron chi connectivity index (χ3n) is 6.53. The predicted octanol–water partition coefficient (Wildman–Crippen LogP) is 4.87.